The highest BCUT2D eigenvalue weighted by atomic mass is 35.5. The molecule has 1 aromatic heterocycles. The zero-order valence-corrected chi connectivity index (χ0v) is 8.43. The Hall–Kier alpha value is -1.00. The van der Waals surface area contributed by atoms with Crippen molar-refractivity contribution < 1.29 is 0 Å². The molecule has 0 bridgehead atoms. The van der Waals surface area contributed by atoms with Crippen molar-refractivity contribution >= 4 is 11.6 Å². The number of nitrogens with zero attached hydrogens (tertiary/aromatic N) is 1. The van der Waals surface area contributed by atoms with Crippen LogP contribution in [-0.4, -0.2) is 4.98 Å². The molecule has 0 atom stereocenters. The average Bonchev–Trinajstić information content (AvgIpc) is 2.15. The molecule has 0 saturated carbocycles. The van der Waals surface area contributed by atoms with Gasteiger partial charge in [0.15, 0.2) is 0 Å². The van der Waals surface area contributed by atoms with E-state index in [0.29, 0.717) is 5.15 Å². The second-order valence-electron chi connectivity index (χ2n) is 2.77. The van der Waals surface area contributed by atoms with E-state index in [0.717, 1.165) is 18.4 Å². The minimum Gasteiger partial charge on any atom is -0.243 e. The van der Waals surface area contributed by atoms with Crippen molar-refractivity contribution in [3.63, 3.8) is 0 Å². The van der Waals surface area contributed by atoms with Crippen molar-refractivity contribution in [3.8, 4) is 11.8 Å². The first-order valence-corrected chi connectivity index (χ1v) is 4.81. The lowest BCUT2D eigenvalue weighted by Gasteiger charge is -1.89. The van der Waals surface area contributed by atoms with Gasteiger partial charge in [0.2, 0.25) is 0 Å². The van der Waals surface area contributed by atoms with Crippen LogP contribution in [-0.2, 0) is 0 Å². The minimum absolute atomic E-state index is 0.513. The molecule has 0 saturated heterocycles. The fraction of sp³-hybridized carbons (Fsp3) is 0.364. The summed E-state index contributed by atoms with van der Waals surface area (Å²) in [5.74, 6) is 6.12. The maximum absolute atomic E-state index is 5.64. The van der Waals surface area contributed by atoms with E-state index in [-0.39, 0.29) is 0 Å². The van der Waals surface area contributed by atoms with Gasteiger partial charge in [0.1, 0.15) is 5.15 Å². The van der Waals surface area contributed by atoms with E-state index < -0.39 is 0 Å². The molecule has 0 fully saturated rings. The lowest BCUT2D eigenvalue weighted by atomic mass is 10.2. The van der Waals surface area contributed by atoms with Gasteiger partial charge in [-0.25, -0.2) is 4.98 Å². The van der Waals surface area contributed by atoms with Gasteiger partial charge >= 0.3 is 0 Å². The lowest BCUT2D eigenvalue weighted by Crippen LogP contribution is -1.77. The first-order chi connectivity index (χ1) is 6.33. The number of aromatic nitrogens is 1. The van der Waals surface area contributed by atoms with Gasteiger partial charge in [0.25, 0.3) is 0 Å². The van der Waals surface area contributed by atoms with Crippen molar-refractivity contribution in [2.45, 2.75) is 26.2 Å². The van der Waals surface area contributed by atoms with Crippen molar-refractivity contribution in [3.05, 3.63) is 29.0 Å². The van der Waals surface area contributed by atoms with E-state index in [1.165, 1.54) is 6.42 Å². The third kappa shape index (κ3) is 3.96. The lowest BCUT2D eigenvalue weighted by molar-refractivity contribution is 0.828. The molecule has 0 aliphatic carbocycles. The molecule has 0 amide bonds. The Labute approximate surface area is 84.1 Å². The highest BCUT2D eigenvalue weighted by Gasteiger charge is 1.87. The van der Waals surface area contributed by atoms with Gasteiger partial charge in [-0.2, -0.15) is 0 Å². The van der Waals surface area contributed by atoms with Crippen LogP contribution in [0.5, 0.6) is 0 Å². The fourth-order valence-electron chi connectivity index (χ4n) is 0.879. The molecule has 1 heterocycles. The number of halogens is 1. The molecule has 0 spiro atoms. The van der Waals surface area contributed by atoms with Crippen molar-refractivity contribution in [1.29, 1.82) is 0 Å². The summed E-state index contributed by atoms with van der Waals surface area (Å²) in [5, 5.41) is 0.513. The molecule has 1 rings (SSSR count). The molecule has 0 unspecified atom stereocenters. The Morgan fingerprint density at radius 3 is 2.92 bits per heavy atom. The highest BCUT2D eigenvalue weighted by Crippen LogP contribution is 2.03. The second-order valence-corrected chi connectivity index (χ2v) is 3.16. The molecule has 2 heteroatoms. The van der Waals surface area contributed by atoms with Crippen LogP contribution < -0.4 is 0 Å². The van der Waals surface area contributed by atoms with Gasteiger partial charge in [-0.1, -0.05) is 36.8 Å². The molecule has 0 radical (unpaired) electrons. The molecular weight excluding hydrogens is 182 g/mol. The Morgan fingerprint density at radius 2 is 2.31 bits per heavy atom. The maximum Gasteiger partial charge on any atom is 0.129 e. The Kier molecular flexibility index (Phi) is 4.35. The molecule has 13 heavy (non-hydrogen) atoms. The zero-order chi connectivity index (χ0) is 9.52. The predicted octanol–water partition coefficient (Wildman–Crippen LogP) is 3.28. The molecular formula is C11H12ClN. The van der Waals surface area contributed by atoms with E-state index in [9.17, 15) is 0 Å². The molecule has 0 N–H and O–H groups in total. The Morgan fingerprint density at radius 1 is 1.46 bits per heavy atom. The summed E-state index contributed by atoms with van der Waals surface area (Å²) in [6.07, 6.45) is 5.00. The van der Waals surface area contributed by atoms with Crippen LogP contribution in [0.15, 0.2) is 18.3 Å². The molecule has 68 valence electrons. The van der Waals surface area contributed by atoms with E-state index in [4.69, 9.17) is 11.6 Å². The quantitative estimate of drug-likeness (QED) is 0.399. The number of pyridine rings is 1. The van der Waals surface area contributed by atoms with Gasteiger partial charge in [0, 0.05) is 18.2 Å². The van der Waals surface area contributed by atoms with Crippen LogP contribution in [0.3, 0.4) is 0 Å². The summed E-state index contributed by atoms with van der Waals surface area (Å²) in [7, 11) is 0. The zero-order valence-electron chi connectivity index (χ0n) is 7.68. The van der Waals surface area contributed by atoms with Crippen LogP contribution in [0.2, 0.25) is 5.15 Å². The summed E-state index contributed by atoms with van der Waals surface area (Å²) < 4.78 is 0. The largest absolute Gasteiger partial charge is 0.243 e. The number of unbranched alkanes of at least 4 members (excludes halogenated alkanes) is 2. The summed E-state index contributed by atoms with van der Waals surface area (Å²) >= 11 is 5.64. The molecule has 0 aliphatic rings. The molecule has 0 aliphatic heterocycles. The monoisotopic (exact) mass is 193 g/mol. The second kappa shape index (κ2) is 5.61. The maximum atomic E-state index is 5.64. The van der Waals surface area contributed by atoms with Crippen LogP contribution in [0.25, 0.3) is 0 Å². The minimum atomic E-state index is 0.513. The fourth-order valence-corrected chi connectivity index (χ4v) is 0.991. The molecule has 1 aromatic rings. The third-order valence-electron chi connectivity index (χ3n) is 1.62. The predicted molar refractivity (Wildman–Crippen MR) is 55.7 cm³/mol. The first-order valence-electron chi connectivity index (χ1n) is 4.43. The number of hydrogen-bond donors (Lipinski definition) is 0. The summed E-state index contributed by atoms with van der Waals surface area (Å²) in [4.78, 5) is 3.94. The summed E-state index contributed by atoms with van der Waals surface area (Å²) in [6, 6.07) is 3.64. The van der Waals surface area contributed by atoms with Crippen molar-refractivity contribution in [2.24, 2.45) is 0 Å². The smallest absolute Gasteiger partial charge is 0.129 e. The van der Waals surface area contributed by atoms with Crippen molar-refractivity contribution in [1.82, 2.24) is 4.98 Å². The Balaban J connectivity index is 2.52. The average molecular weight is 194 g/mol. The SMILES string of the molecule is CCCCC#Cc1ccc(Cl)nc1. The van der Waals surface area contributed by atoms with E-state index in [1.807, 2.05) is 6.07 Å². The van der Waals surface area contributed by atoms with Gasteiger partial charge in [-0.15, -0.1) is 0 Å². The van der Waals surface area contributed by atoms with E-state index in [1.54, 1.807) is 12.3 Å². The normalized spacial score (nSPS) is 9.08. The highest BCUT2D eigenvalue weighted by molar-refractivity contribution is 6.29. The number of hydrogen-bond acceptors (Lipinski definition) is 1. The van der Waals surface area contributed by atoms with Crippen LogP contribution in [0.4, 0.5) is 0 Å². The number of rotatable bonds is 2. The topological polar surface area (TPSA) is 12.9 Å². The van der Waals surface area contributed by atoms with E-state index in [2.05, 4.69) is 23.7 Å². The molecule has 1 nitrogen and oxygen atoms in total. The Bertz CT molecular complexity index is 305. The molecule has 0 aromatic carbocycles. The van der Waals surface area contributed by atoms with Gasteiger partial charge in [-0.05, 0) is 18.6 Å². The van der Waals surface area contributed by atoms with E-state index >= 15 is 0 Å². The van der Waals surface area contributed by atoms with Gasteiger partial charge in [0.05, 0.1) is 0 Å². The van der Waals surface area contributed by atoms with Crippen LogP contribution in [0.1, 0.15) is 31.7 Å². The summed E-state index contributed by atoms with van der Waals surface area (Å²) in [5.41, 5.74) is 0.931. The third-order valence-corrected chi connectivity index (χ3v) is 1.84. The van der Waals surface area contributed by atoms with Crippen LogP contribution in [0, 0.1) is 11.8 Å². The van der Waals surface area contributed by atoms with Crippen LogP contribution >= 0.6 is 11.6 Å². The van der Waals surface area contributed by atoms with Crippen molar-refractivity contribution in [2.75, 3.05) is 0 Å². The summed E-state index contributed by atoms with van der Waals surface area (Å²) in [6.45, 7) is 2.16. The van der Waals surface area contributed by atoms with Gasteiger partial charge in [-0.3, -0.25) is 0 Å². The first kappa shape index (κ1) is 10.1. The standard InChI is InChI=1S/C11H12ClN/c1-2-3-4-5-6-10-7-8-11(12)13-9-10/h7-9H,2-4H2,1H3. The van der Waals surface area contributed by atoms with Gasteiger partial charge < -0.3 is 0 Å².